The first kappa shape index (κ1) is 10.4. The Labute approximate surface area is 83.4 Å². The zero-order valence-corrected chi connectivity index (χ0v) is 8.36. The summed E-state index contributed by atoms with van der Waals surface area (Å²) >= 11 is 0. The molecule has 1 heterocycles. The zero-order valence-electron chi connectivity index (χ0n) is 8.36. The monoisotopic (exact) mass is 191 g/mol. The van der Waals surface area contributed by atoms with E-state index in [1.807, 2.05) is 19.1 Å². The van der Waals surface area contributed by atoms with Crippen LogP contribution in [0.2, 0.25) is 0 Å². The van der Waals surface area contributed by atoms with Crippen molar-refractivity contribution in [2.45, 2.75) is 13.8 Å². The zero-order chi connectivity index (χ0) is 10.4. The number of nitrogens with zero attached hydrogens (tertiary/aromatic N) is 1. The second kappa shape index (κ2) is 5.17. The van der Waals surface area contributed by atoms with Crippen LogP contribution in [0, 0.1) is 0 Å². The van der Waals surface area contributed by atoms with Gasteiger partial charge in [0.1, 0.15) is 0 Å². The third kappa shape index (κ3) is 3.01. The fourth-order valence-corrected chi connectivity index (χ4v) is 1.06. The molecule has 0 aromatic carbocycles. The third-order valence-corrected chi connectivity index (χ3v) is 1.76. The number of hydrogen-bond acceptors (Lipinski definition) is 3. The highest BCUT2D eigenvalue weighted by Gasteiger charge is 1.99. The molecule has 0 aliphatic heterocycles. The van der Waals surface area contributed by atoms with Crippen molar-refractivity contribution in [3.05, 3.63) is 36.2 Å². The lowest BCUT2D eigenvalue weighted by molar-refractivity contribution is -0.137. The quantitative estimate of drug-likeness (QED) is 0.542. The van der Waals surface area contributed by atoms with E-state index in [1.54, 1.807) is 19.3 Å². The molecule has 0 spiro atoms. The first-order valence-electron chi connectivity index (χ1n) is 4.49. The molecule has 0 atom stereocenters. The summed E-state index contributed by atoms with van der Waals surface area (Å²) in [6.07, 6.45) is 4.87. The molecule has 3 nitrogen and oxygen atoms in total. The van der Waals surface area contributed by atoms with E-state index in [-0.39, 0.29) is 5.97 Å². The Kier molecular flexibility index (Phi) is 3.85. The molecule has 74 valence electrons. The number of carbonyl (C=O) groups is 1. The number of allylic oxidation sites excluding steroid dienone is 1. The molecule has 0 N–H and O–H groups in total. The SMILES string of the molecule is CCOC(=O)/C=C(/C)c1ccncc1. The smallest absolute Gasteiger partial charge is 0.331 e. The number of carbonyl (C=O) groups excluding carboxylic acids is 1. The Morgan fingerprint density at radius 3 is 2.71 bits per heavy atom. The Morgan fingerprint density at radius 2 is 2.14 bits per heavy atom. The predicted octanol–water partition coefficient (Wildman–Crippen LogP) is 2.05. The van der Waals surface area contributed by atoms with Crippen molar-refractivity contribution in [3.8, 4) is 0 Å². The van der Waals surface area contributed by atoms with Crippen LogP contribution in [0.5, 0.6) is 0 Å². The van der Waals surface area contributed by atoms with E-state index >= 15 is 0 Å². The van der Waals surface area contributed by atoms with Crippen molar-refractivity contribution in [3.63, 3.8) is 0 Å². The summed E-state index contributed by atoms with van der Waals surface area (Å²) in [4.78, 5) is 15.0. The molecule has 0 aliphatic carbocycles. The summed E-state index contributed by atoms with van der Waals surface area (Å²) < 4.78 is 4.80. The van der Waals surface area contributed by atoms with E-state index in [9.17, 15) is 4.79 Å². The van der Waals surface area contributed by atoms with Gasteiger partial charge in [-0.15, -0.1) is 0 Å². The number of hydrogen-bond donors (Lipinski definition) is 0. The summed E-state index contributed by atoms with van der Waals surface area (Å²) in [5.74, 6) is -0.304. The summed E-state index contributed by atoms with van der Waals surface area (Å²) in [5.41, 5.74) is 1.86. The van der Waals surface area contributed by atoms with Gasteiger partial charge in [0.25, 0.3) is 0 Å². The lowest BCUT2D eigenvalue weighted by Gasteiger charge is -2.00. The highest BCUT2D eigenvalue weighted by Crippen LogP contribution is 2.11. The predicted molar refractivity (Wildman–Crippen MR) is 54.5 cm³/mol. The molecule has 0 fully saturated rings. The van der Waals surface area contributed by atoms with Crippen LogP contribution >= 0.6 is 0 Å². The van der Waals surface area contributed by atoms with Crippen LogP contribution in [0.4, 0.5) is 0 Å². The molecule has 14 heavy (non-hydrogen) atoms. The van der Waals surface area contributed by atoms with Crippen molar-refractivity contribution in [2.24, 2.45) is 0 Å². The van der Waals surface area contributed by atoms with Gasteiger partial charge in [-0.2, -0.15) is 0 Å². The van der Waals surface area contributed by atoms with E-state index in [2.05, 4.69) is 4.98 Å². The largest absolute Gasteiger partial charge is 0.463 e. The van der Waals surface area contributed by atoms with E-state index in [0.29, 0.717) is 6.61 Å². The molecule has 0 saturated heterocycles. The van der Waals surface area contributed by atoms with Crippen molar-refractivity contribution >= 4 is 11.5 Å². The van der Waals surface area contributed by atoms with Gasteiger partial charge >= 0.3 is 5.97 Å². The maximum absolute atomic E-state index is 11.1. The Balaban J connectivity index is 2.75. The van der Waals surface area contributed by atoms with Gasteiger partial charge in [0.2, 0.25) is 0 Å². The van der Waals surface area contributed by atoms with Gasteiger partial charge in [-0.1, -0.05) is 0 Å². The van der Waals surface area contributed by atoms with Gasteiger partial charge in [-0.3, -0.25) is 4.98 Å². The van der Waals surface area contributed by atoms with Crippen LogP contribution < -0.4 is 0 Å². The number of ether oxygens (including phenoxy) is 1. The van der Waals surface area contributed by atoms with Gasteiger partial charge in [0.15, 0.2) is 0 Å². The molecule has 1 aromatic rings. The van der Waals surface area contributed by atoms with Crippen molar-refractivity contribution in [2.75, 3.05) is 6.61 Å². The molecule has 0 aliphatic rings. The fourth-order valence-electron chi connectivity index (χ4n) is 1.06. The number of esters is 1. The Bertz CT molecular complexity index is 330. The highest BCUT2D eigenvalue weighted by molar-refractivity contribution is 5.90. The van der Waals surface area contributed by atoms with E-state index < -0.39 is 0 Å². The van der Waals surface area contributed by atoms with Gasteiger partial charge in [0, 0.05) is 18.5 Å². The van der Waals surface area contributed by atoms with Gasteiger partial charge in [0.05, 0.1) is 6.61 Å². The second-order valence-corrected chi connectivity index (χ2v) is 2.82. The Hall–Kier alpha value is -1.64. The molecule has 1 rings (SSSR count). The lowest BCUT2D eigenvalue weighted by atomic mass is 10.1. The summed E-state index contributed by atoms with van der Waals surface area (Å²) in [6.45, 7) is 4.05. The fraction of sp³-hybridized carbons (Fsp3) is 0.273. The van der Waals surface area contributed by atoms with Crippen LogP contribution in [0.25, 0.3) is 5.57 Å². The third-order valence-electron chi connectivity index (χ3n) is 1.76. The number of aromatic nitrogens is 1. The van der Waals surface area contributed by atoms with Crippen LogP contribution in [0.3, 0.4) is 0 Å². The average molecular weight is 191 g/mol. The van der Waals surface area contributed by atoms with Crippen LogP contribution in [-0.4, -0.2) is 17.6 Å². The maximum Gasteiger partial charge on any atom is 0.331 e. The van der Waals surface area contributed by atoms with Gasteiger partial charge < -0.3 is 4.74 Å². The molecular formula is C11H13NO2. The van der Waals surface area contributed by atoms with Crippen molar-refractivity contribution in [1.29, 1.82) is 0 Å². The molecule has 1 aromatic heterocycles. The summed E-state index contributed by atoms with van der Waals surface area (Å²) in [7, 11) is 0. The average Bonchev–Trinajstić information content (AvgIpc) is 2.19. The topological polar surface area (TPSA) is 39.2 Å². The minimum Gasteiger partial charge on any atom is -0.463 e. The number of pyridine rings is 1. The second-order valence-electron chi connectivity index (χ2n) is 2.82. The summed E-state index contributed by atoms with van der Waals surface area (Å²) in [5, 5.41) is 0. The van der Waals surface area contributed by atoms with Crippen LogP contribution in [0.15, 0.2) is 30.6 Å². The van der Waals surface area contributed by atoms with E-state index in [4.69, 9.17) is 4.74 Å². The van der Waals surface area contributed by atoms with E-state index in [1.165, 1.54) is 6.08 Å². The van der Waals surface area contributed by atoms with Crippen molar-refractivity contribution in [1.82, 2.24) is 4.98 Å². The van der Waals surface area contributed by atoms with Crippen LogP contribution in [-0.2, 0) is 9.53 Å². The standard InChI is InChI=1S/C11H13NO2/c1-3-14-11(13)8-9(2)10-4-6-12-7-5-10/h4-8H,3H2,1-2H3/b9-8-. The molecule has 0 unspecified atom stereocenters. The molecule has 0 bridgehead atoms. The van der Waals surface area contributed by atoms with Gasteiger partial charge in [-0.25, -0.2) is 4.79 Å². The Morgan fingerprint density at radius 1 is 1.50 bits per heavy atom. The molecule has 0 amide bonds. The van der Waals surface area contributed by atoms with Gasteiger partial charge in [-0.05, 0) is 37.1 Å². The maximum atomic E-state index is 11.1. The number of rotatable bonds is 3. The van der Waals surface area contributed by atoms with Crippen molar-refractivity contribution < 1.29 is 9.53 Å². The first-order valence-corrected chi connectivity index (χ1v) is 4.49. The summed E-state index contributed by atoms with van der Waals surface area (Å²) in [6, 6.07) is 3.70. The minimum absolute atomic E-state index is 0.304. The lowest BCUT2D eigenvalue weighted by Crippen LogP contribution is -2.00. The highest BCUT2D eigenvalue weighted by atomic mass is 16.5. The normalized spacial score (nSPS) is 11.1. The molecule has 0 radical (unpaired) electrons. The minimum atomic E-state index is -0.304. The molecule has 0 saturated carbocycles. The van der Waals surface area contributed by atoms with Crippen LogP contribution in [0.1, 0.15) is 19.4 Å². The first-order chi connectivity index (χ1) is 6.74. The molecular weight excluding hydrogens is 178 g/mol. The van der Waals surface area contributed by atoms with E-state index in [0.717, 1.165) is 11.1 Å². The molecule has 3 heteroatoms.